The lowest BCUT2D eigenvalue weighted by atomic mass is 10.2. The first-order valence-electron chi connectivity index (χ1n) is 8.76. The number of ether oxygens (including phenoxy) is 1. The quantitative estimate of drug-likeness (QED) is 0.448. The van der Waals surface area contributed by atoms with Crippen molar-refractivity contribution in [1.29, 1.82) is 0 Å². The summed E-state index contributed by atoms with van der Waals surface area (Å²) in [6.45, 7) is 7.48. The van der Waals surface area contributed by atoms with Crippen LogP contribution in [0.25, 0.3) is 0 Å². The van der Waals surface area contributed by atoms with Gasteiger partial charge in [0.2, 0.25) is 0 Å². The predicted molar refractivity (Wildman–Crippen MR) is 114 cm³/mol. The summed E-state index contributed by atoms with van der Waals surface area (Å²) in [4.78, 5) is 0. The molecule has 0 aliphatic carbocycles. The highest BCUT2D eigenvalue weighted by Gasteiger charge is 2.19. The van der Waals surface area contributed by atoms with Gasteiger partial charge in [-0.3, -0.25) is 0 Å². The van der Waals surface area contributed by atoms with Gasteiger partial charge in [0.1, 0.15) is 18.2 Å². The minimum Gasteiger partial charge on any atom is -0.488 e. The normalized spacial score (nSPS) is 11.8. The highest BCUT2D eigenvalue weighted by molar-refractivity contribution is 7.55. The molecule has 26 heavy (non-hydrogen) atoms. The van der Waals surface area contributed by atoms with Crippen molar-refractivity contribution in [3.8, 4) is 5.75 Å². The molecule has 3 rings (SSSR count). The van der Waals surface area contributed by atoms with Gasteiger partial charge in [-0.2, -0.15) is 0 Å². The van der Waals surface area contributed by atoms with Crippen molar-refractivity contribution >= 4 is 32.5 Å². The summed E-state index contributed by atoms with van der Waals surface area (Å²) in [5.41, 5.74) is 1.13. The van der Waals surface area contributed by atoms with Crippen LogP contribution in [-0.4, -0.2) is 8.07 Å². The fraction of sp³-hybridized carbons (Fsp3) is 0.182. The fourth-order valence-corrected chi connectivity index (χ4v) is 5.15. The van der Waals surface area contributed by atoms with Gasteiger partial charge in [-0.1, -0.05) is 94.1 Å². The molecule has 3 aromatic rings. The lowest BCUT2D eigenvalue weighted by Crippen LogP contribution is -2.39. The molecule has 0 saturated heterocycles. The standard InChI is InChI=1S/C22H24FOPSi/c1-26(2,3)18-13-14-20(24-16-17-9-5-4-6-10-17)22(15-18)25-21-12-8-7-11-19(21)23/h4-15,25H,16H2,1-3H3. The fourth-order valence-electron chi connectivity index (χ4n) is 2.66. The molecule has 134 valence electrons. The van der Waals surface area contributed by atoms with Gasteiger partial charge >= 0.3 is 0 Å². The van der Waals surface area contributed by atoms with Crippen LogP contribution in [0.2, 0.25) is 19.6 Å². The molecule has 0 bridgehead atoms. The van der Waals surface area contributed by atoms with E-state index in [9.17, 15) is 4.39 Å². The molecule has 0 saturated carbocycles. The van der Waals surface area contributed by atoms with Crippen LogP contribution in [-0.2, 0) is 6.61 Å². The Morgan fingerprint density at radius 2 is 1.54 bits per heavy atom. The summed E-state index contributed by atoms with van der Waals surface area (Å²) < 4.78 is 20.3. The van der Waals surface area contributed by atoms with E-state index in [1.807, 2.05) is 30.3 Å². The third-order valence-electron chi connectivity index (χ3n) is 4.23. The molecule has 1 unspecified atom stereocenters. The number of halogens is 1. The molecule has 0 aliphatic rings. The van der Waals surface area contributed by atoms with Gasteiger partial charge in [0, 0.05) is 10.6 Å². The van der Waals surface area contributed by atoms with E-state index in [-0.39, 0.29) is 14.4 Å². The molecule has 0 heterocycles. The highest BCUT2D eigenvalue weighted by Crippen LogP contribution is 2.22. The minimum absolute atomic E-state index is 0.154. The van der Waals surface area contributed by atoms with Crippen molar-refractivity contribution in [2.75, 3.05) is 0 Å². The van der Waals surface area contributed by atoms with Gasteiger partial charge < -0.3 is 4.74 Å². The molecular weight excluding hydrogens is 358 g/mol. The molecule has 4 heteroatoms. The maximum atomic E-state index is 14.2. The Morgan fingerprint density at radius 3 is 2.23 bits per heavy atom. The molecule has 0 N–H and O–H groups in total. The van der Waals surface area contributed by atoms with Crippen LogP contribution in [0.1, 0.15) is 5.56 Å². The monoisotopic (exact) mass is 382 g/mol. The average Bonchev–Trinajstić information content (AvgIpc) is 2.62. The van der Waals surface area contributed by atoms with E-state index in [1.54, 1.807) is 6.07 Å². The van der Waals surface area contributed by atoms with Gasteiger partial charge in [-0.05, 0) is 17.7 Å². The van der Waals surface area contributed by atoms with Crippen molar-refractivity contribution in [3.05, 3.63) is 84.2 Å². The lowest BCUT2D eigenvalue weighted by molar-refractivity contribution is 0.309. The zero-order chi connectivity index (χ0) is 18.6. The summed E-state index contributed by atoms with van der Waals surface area (Å²) >= 11 is 0. The second-order valence-electron chi connectivity index (χ2n) is 7.34. The maximum absolute atomic E-state index is 14.2. The molecule has 1 atom stereocenters. The van der Waals surface area contributed by atoms with Crippen molar-refractivity contribution in [2.45, 2.75) is 26.2 Å². The van der Waals surface area contributed by atoms with Gasteiger partial charge in [0.15, 0.2) is 0 Å². The first kappa shape index (κ1) is 18.8. The Hall–Kier alpha value is -1.96. The SMILES string of the molecule is C[Si](C)(C)c1ccc(OCc2ccccc2)c(Pc2ccccc2F)c1. The Kier molecular flexibility index (Phi) is 5.90. The Morgan fingerprint density at radius 1 is 0.846 bits per heavy atom. The zero-order valence-corrected chi connectivity index (χ0v) is 17.4. The third kappa shape index (κ3) is 4.81. The van der Waals surface area contributed by atoms with Gasteiger partial charge in [0.05, 0.1) is 8.07 Å². The summed E-state index contributed by atoms with van der Waals surface area (Å²) in [6.07, 6.45) is 0. The topological polar surface area (TPSA) is 9.23 Å². The van der Waals surface area contributed by atoms with Crippen LogP contribution in [0.5, 0.6) is 5.75 Å². The van der Waals surface area contributed by atoms with Crippen LogP contribution in [0.15, 0.2) is 72.8 Å². The van der Waals surface area contributed by atoms with Crippen molar-refractivity contribution in [1.82, 2.24) is 0 Å². The Labute approximate surface area is 158 Å². The van der Waals surface area contributed by atoms with Crippen LogP contribution in [0.4, 0.5) is 4.39 Å². The number of hydrogen-bond donors (Lipinski definition) is 0. The Balaban J connectivity index is 1.91. The summed E-state index contributed by atoms with van der Waals surface area (Å²) in [7, 11) is -1.21. The summed E-state index contributed by atoms with van der Waals surface area (Å²) in [5.74, 6) is 0.690. The maximum Gasteiger partial charge on any atom is 0.130 e. The average molecular weight is 382 g/mol. The van der Waals surface area contributed by atoms with Crippen molar-refractivity contribution in [3.63, 3.8) is 0 Å². The molecule has 0 spiro atoms. The van der Waals surface area contributed by atoms with Crippen molar-refractivity contribution in [2.24, 2.45) is 0 Å². The third-order valence-corrected chi connectivity index (χ3v) is 7.60. The summed E-state index contributed by atoms with van der Waals surface area (Å²) in [6, 6.07) is 23.6. The molecular formula is C22H24FOPSi. The first-order valence-corrected chi connectivity index (χ1v) is 13.3. The molecule has 0 aromatic heterocycles. The molecule has 0 aliphatic heterocycles. The van der Waals surface area contributed by atoms with E-state index < -0.39 is 8.07 Å². The highest BCUT2D eigenvalue weighted by atomic mass is 31.1. The largest absolute Gasteiger partial charge is 0.488 e. The van der Waals surface area contributed by atoms with E-state index in [2.05, 4.69) is 50.0 Å². The summed E-state index contributed by atoms with van der Waals surface area (Å²) in [5, 5.41) is 3.17. The van der Waals surface area contributed by atoms with E-state index in [4.69, 9.17) is 4.74 Å². The molecule has 0 radical (unpaired) electrons. The predicted octanol–water partition coefficient (Wildman–Crippen LogP) is 4.58. The van der Waals surface area contributed by atoms with Gasteiger partial charge in [0.25, 0.3) is 0 Å². The first-order chi connectivity index (χ1) is 12.4. The van der Waals surface area contributed by atoms with E-state index in [0.717, 1.165) is 21.9 Å². The van der Waals surface area contributed by atoms with Crippen LogP contribution < -0.4 is 20.5 Å². The molecule has 0 amide bonds. The molecule has 1 nitrogen and oxygen atoms in total. The second kappa shape index (κ2) is 8.16. The second-order valence-corrected chi connectivity index (χ2v) is 13.7. The minimum atomic E-state index is -1.45. The van der Waals surface area contributed by atoms with E-state index in [1.165, 1.54) is 11.3 Å². The Bertz CT molecular complexity index is 875. The number of hydrogen-bond acceptors (Lipinski definition) is 1. The molecule has 0 fully saturated rings. The number of benzene rings is 3. The smallest absolute Gasteiger partial charge is 0.130 e. The zero-order valence-electron chi connectivity index (χ0n) is 15.4. The van der Waals surface area contributed by atoms with E-state index >= 15 is 0 Å². The van der Waals surface area contributed by atoms with Crippen LogP contribution >= 0.6 is 8.58 Å². The van der Waals surface area contributed by atoms with E-state index in [0.29, 0.717) is 6.61 Å². The van der Waals surface area contributed by atoms with Crippen LogP contribution in [0, 0.1) is 5.82 Å². The molecule has 3 aromatic carbocycles. The van der Waals surface area contributed by atoms with Crippen molar-refractivity contribution < 1.29 is 9.13 Å². The van der Waals surface area contributed by atoms with Gasteiger partial charge in [-0.15, -0.1) is 0 Å². The number of rotatable bonds is 6. The van der Waals surface area contributed by atoms with Crippen LogP contribution in [0.3, 0.4) is 0 Å². The van der Waals surface area contributed by atoms with Gasteiger partial charge in [-0.25, -0.2) is 4.39 Å². The lowest BCUT2D eigenvalue weighted by Gasteiger charge is -2.20.